The molecule has 24 heavy (non-hydrogen) atoms. The maximum atomic E-state index is 12.3. The van der Waals surface area contributed by atoms with Crippen LogP contribution in [0, 0.1) is 5.92 Å². The van der Waals surface area contributed by atoms with Gasteiger partial charge in [0.1, 0.15) is 0 Å². The molecule has 0 N–H and O–H groups in total. The summed E-state index contributed by atoms with van der Waals surface area (Å²) in [5.41, 5.74) is 1.94. The van der Waals surface area contributed by atoms with Gasteiger partial charge in [0.25, 0.3) is 5.91 Å². The van der Waals surface area contributed by atoms with E-state index in [2.05, 4.69) is 0 Å². The fourth-order valence-electron chi connectivity index (χ4n) is 3.26. The van der Waals surface area contributed by atoms with Crippen molar-refractivity contribution in [1.82, 2.24) is 9.21 Å². The van der Waals surface area contributed by atoms with Crippen LogP contribution in [0.25, 0.3) is 0 Å². The summed E-state index contributed by atoms with van der Waals surface area (Å²) in [5.74, 6) is 0.584. The number of hydrogen-bond acceptors (Lipinski definition) is 3. The summed E-state index contributed by atoms with van der Waals surface area (Å²) in [6.45, 7) is 6.63. The van der Waals surface area contributed by atoms with Gasteiger partial charge < -0.3 is 4.90 Å². The minimum Gasteiger partial charge on any atom is -0.339 e. The predicted octanol–water partition coefficient (Wildman–Crippen LogP) is 2.38. The fraction of sp³-hybridized carbons (Fsp3) is 0.611. The van der Waals surface area contributed by atoms with Crippen LogP contribution in [-0.2, 0) is 16.4 Å². The predicted molar refractivity (Wildman–Crippen MR) is 96.5 cm³/mol. The first-order valence-corrected chi connectivity index (χ1v) is 10.5. The van der Waals surface area contributed by atoms with Gasteiger partial charge in [0.15, 0.2) is 0 Å². The van der Waals surface area contributed by atoms with Crippen molar-refractivity contribution in [3.63, 3.8) is 0 Å². The van der Waals surface area contributed by atoms with Crippen LogP contribution < -0.4 is 0 Å². The molecule has 0 saturated carbocycles. The van der Waals surface area contributed by atoms with Gasteiger partial charge in [-0.25, -0.2) is 12.7 Å². The molecule has 5 nitrogen and oxygen atoms in total. The monoisotopic (exact) mass is 352 g/mol. The molecular formula is C18H28N2O3S. The lowest BCUT2D eigenvalue weighted by Gasteiger charge is -2.30. The van der Waals surface area contributed by atoms with Crippen LogP contribution >= 0.6 is 0 Å². The summed E-state index contributed by atoms with van der Waals surface area (Å²) in [5, 5.41) is 0. The van der Waals surface area contributed by atoms with Crippen LogP contribution in [-0.4, -0.2) is 56.0 Å². The topological polar surface area (TPSA) is 57.7 Å². The Morgan fingerprint density at radius 1 is 1.12 bits per heavy atom. The lowest BCUT2D eigenvalue weighted by Crippen LogP contribution is -2.38. The average Bonchev–Trinajstić information content (AvgIpc) is 2.56. The molecule has 1 aromatic rings. The van der Waals surface area contributed by atoms with Crippen molar-refractivity contribution < 1.29 is 13.2 Å². The number of piperidine rings is 1. The summed E-state index contributed by atoms with van der Waals surface area (Å²) < 4.78 is 24.7. The Balaban J connectivity index is 1.92. The zero-order valence-electron chi connectivity index (χ0n) is 14.9. The summed E-state index contributed by atoms with van der Waals surface area (Å²) >= 11 is 0. The van der Waals surface area contributed by atoms with Crippen molar-refractivity contribution in [1.29, 1.82) is 0 Å². The van der Waals surface area contributed by atoms with Crippen LogP contribution in [0.4, 0.5) is 0 Å². The van der Waals surface area contributed by atoms with E-state index < -0.39 is 10.0 Å². The van der Waals surface area contributed by atoms with Gasteiger partial charge >= 0.3 is 0 Å². The molecule has 1 heterocycles. The van der Waals surface area contributed by atoms with Crippen molar-refractivity contribution in [3.8, 4) is 0 Å². The second-order valence-corrected chi connectivity index (χ2v) is 8.47. The molecular weight excluding hydrogens is 324 g/mol. The minimum absolute atomic E-state index is 0.0769. The molecule has 1 aliphatic heterocycles. The molecule has 0 radical (unpaired) electrons. The Morgan fingerprint density at radius 3 is 2.12 bits per heavy atom. The third-order valence-corrected chi connectivity index (χ3v) is 6.12. The van der Waals surface area contributed by atoms with Crippen LogP contribution in [0.15, 0.2) is 24.3 Å². The highest BCUT2D eigenvalue weighted by molar-refractivity contribution is 7.88. The van der Waals surface area contributed by atoms with Crippen molar-refractivity contribution in [2.75, 3.05) is 32.4 Å². The molecule has 1 aliphatic rings. The van der Waals surface area contributed by atoms with Gasteiger partial charge in [0.05, 0.1) is 6.26 Å². The van der Waals surface area contributed by atoms with E-state index in [-0.39, 0.29) is 5.91 Å². The van der Waals surface area contributed by atoms with Crippen molar-refractivity contribution in [2.45, 2.75) is 33.1 Å². The van der Waals surface area contributed by atoms with E-state index in [4.69, 9.17) is 0 Å². The molecule has 134 valence electrons. The second-order valence-electron chi connectivity index (χ2n) is 6.48. The van der Waals surface area contributed by atoms with Gasteiger partial charge in [0.2, 0.25) is 10.0 Å². The number of amides is 1. The lowest BCUT2D eigenvalue weighted by molar-refractivity contribution is 0.0773. The fourth-order valence-corrected chi connectivity index (χ4v) is 4.13. The first kappa shape index (κ1) is 18.9. The molecule has 6 heteroatoms. The number of rotatable bonds is 6. The molecule has 1 saturated heterocycles. The quantitative estimate of drug-likeness (QED) is 0.790. The third-order valence-electron chi connectivity index (χ3n) is 4.82. The van der Waals surface area contributed by atoms with E-state index in [1.165, 1.54) is 11.8 Å². The molecule has 0 aliphatic carbocycles. The average molecular weight is 353 g/mol. The first-order valence-electron chi connectivity index (χ1n) is 8.68. The van der Waals surface area contributed by atoms with Crippen molar-refractivity contribution in [3.05, 3.63) is 35.4 Å². The van der Waals surface area contributed by atoms with Crippen LogP contribution in [0.1, 0.15) is 42.6 Å². The third kappa shape index (κ3) is 4.80. The zero-order valence-corrected chi connectivity index (χ0v) is 15.7. The summed E-state index contributed by atoms with van der Waals surface area (Å²) in [6, 6.07) is 7.86. The highest BCUT2D eigenvalue weighted by atomic mass is 32.2. The van der Waals surface area contributed by atoms with E-state index in [1.807, 2.05) is 43.0 Å². The maximum absolute atomic E-state index is 12.3. The summed E-state index contributed by atoms with van der Waals surface area (Å²) in [4.78, 5) is 14.1. The van der Waals surface area contributed by atoms with E-state index in [0.29, 0.717) is 19.0 Å². The molecule has 2 rings (SSSR count). The molecule has 1 aromatic carbocycles. The van der Waals surface area contributed by atoms with Crippen molar-refractivity contribution >= 4 is 15.9 Å². The van der Waals surface area contributed by atoms with Gasteiger partial charge in [0, 0.05) is 31.7 Å². The van der Waals surface area contributed by atoms with E-state index in [0.717, 1.165) is 37.9 Å². The van der Waals surface area contributed by atoms with Gasteiger partial charge in [-0.2, -0.15) is 0 Å². The van der Waals surface area contributed by atoms with Gasteiger partial charge in [-0.1, -0.05) is 12.1 Å². The smallest absolute Gasteiger partial charge is 0.253 e. The number of benzene rings is 1. The van der Waals surface area contributed by atoms with Crippen molar-refractivity contribution in [2.24, 2.45) is 5.92 Å². The standard InChI is InChI=1S/C18H28N2O3S/c1-4-19(5-2)18(21)17-8-6-15(7-9-17)14-16-10-12-20(13-11-16)24(3,22)23/h6-9,16H,4-5,10-14H2,1-3H3. The zero-order chi connectivity index (χ0) is 17.7. The minimum atomic E-state index is -3.06. The van der Waals surface area contributed by atoms with Crippen LogP contribution in [0.5, 0.6) is 0 Å². The summed E-state index contributed by atoms with van der Waals surface area (Å²) in [6.07, 6.45) is 4.01. The number of carbonyl (C=O) groups is 1. The first-order chi connectivity index (χ1) is 11.3. The second kappa shape index (κ2) is 8.12. The van der Waals surface area contributed by atoms with E-state index >= 15 is 0 Å². The largest absolute Gasteiger partial charge is 0.339 e. The molecule has 0 aromatic heterocycles. The Hall–Kier alpha value is -1.40. The molecule has 0 unspecified atom stereocenters. The maximum Gasteiger partial charge on any atom is 0.253 e. The number of nitrogens with zero attached hydrogens (tertiary/aromatic N) is 2. The highest BCUT2D eigenvalue weighted by Gasteiger charge is 2.25. The molecule has 1 amide bonds. The van der Waals surface area contributed by atoms with Gasteiger partial charge in [-0.05, 0) is 56.7 Å². The Morgan fingerprint density at radius 2 is 1.67 bits per heavy atom. The summed E-state index contributed by atoms with van der Waals surface area (Å²) in [7, 11) is -3.06. The lowest BCUT2D eigenvalue weighted by atomic mass is 9.90. The molecule has 0 bridgehead atoms. The number of hydrogen-bond donors (Lipinski definition) is 0. The van der Waals surface area contributed by atoms with Gasteiger partial charge in [-0.15, -0.1) is 0 Å². The highest BCUT2D eigenvalue weighted by Crippen LogP contribution is 2.23. The normalized spacial score (nSPS) is 17.0. The van der Waals surface area contributed by atoms with Crippen LogP contribution in [0.3, 0.4) is 0 Å². The Bertz CT molecular complexity index is 643. The SMILES string of the molecule is CCN(CC)C(=O)c1ccc(CC2CCN(S(C)(=O)=O)CC2)cc1. The molecule has 0 spiro atoms. The molecule has 1 fully saturated rings. The molecule has 0 atom stereocenters. The van der Waals surface area contributed by atoms with E-state index in [9.17, 15) is 13.2 Å². The number of sulfonamides is 1. The Kier molecular flexibility index (Phi) is 6.40. The van der Waals surface area contributed by atoms with Crippen LogP contribution in [0.2, 0.25) is 0 Å². The number of carbonyl (C=O) groups excluding carboxylic acids is 1. The van der Waals surface area contributed by atoms with E-state index in [1.54, 1.807) is 4.31 Å². The Labute approximate surface area is 145 Å². The van der Waals surface area contributed by atoms with Gasteiger partial charge in [-0.3, -0.25) is 4.79 Å².